The molecule has 0 radical (unpaired) electrons. The predicted octanol–water partition coefficient (Wildman–Crippen LogP) is 1.54. The highest BCUT2D eigenvalue weighted by Gasteiger charge is 2.24. The second kappa shape index (κ2) is 4.47. The van der Waals surface area contributed by atoms with Gasteiger partial charge in [-0.2, -0.15) is 5.10 Å². The number of hydrogen-bond donors (Lipinski definition) is 1. The molecule has 17 heavy (non-hydrogen) atoms. The van der Waals surface area contributed by atoms with E-state index in [0.29, 0.717) is 6.54 Å². The molecule has 2 N–H and O–H groups in total. The van der Waals surface area contributed by atoms with E-state index in [1.165, 1.54) is 10.9 Å². The van der Waals surface area contributed by atoms with E-state index >= 15 is 0 Å². The van der Waals surface area contributed by atoms with Crippen molar-refractivity contribution in [3.63, 3.8) is 0 Å². The lowest BCUT2D eigenvalue weighted by atomic mass is 10.2. The van der Waals surface area contributed by atoms with E-state index in [1.807, 2.05) is 23.0 Å². The Balaban J connectivity index is 1.77. The SMILES string of the molecule is NCC1CCC(Cn2ncc3ccccc32)O1. The normalized spacial score (nSPS) is 24.5. The molecular formula is C13H17N3O. The van der Waals surface area contributed by atoms with Gasteiger partial charge in [-0.15, -0.1) is 0 Å². The van der Waals surface area contributed by atoms with Crippen molar-refractivity contribution in [3.05, 3.63) is 30.5 Å². The fourth-order valence-electron chi connectivity index (χ4n) is 2.45. The maximum absolute atomic E-state index is 5.85. The molecule has 0 bridgehead atoms. The Hall–Kier alpha value is -1.39. The third kappa shape index (κ3) is 2.06. The molecule has 1 aromatic carbocycles. The van der Waals surface area contributed by atoms with Crippen molar-refractivity contribution >= 4 is 10.9 Å². The molecule has 0 amide bonds. The Morgan fingerprint density at radius 2 is 2.12 bits per heavy atom. The number of benzene rings is 1. The van der Waals surface area contributed by atoms with Gasteiger partial charge in [0.2, 0.25) is 0 Å². The summed E-state index contributed by atoms with van der Waals surface area (Å²) >= 11 is 0. The smallest absolute Gasteiger partial charge is 0.0776 e. The minimum absolute atomic E-state index is 0.238. The average Bonchev–Trinajstić information content (AvgIpc) is 2.97. The quantitative estimate of drug-likeness (QED) is 0.871. The van der Waals surface area contributed by atoms with Gasteiger partial charge in [0.05, 0.1) is 30.5 Å². The molecule has 1 fully saturated rings. The van der Waals surface area contributed by atoms with Crippen molar-refractivity contribution in [1.82, 2.24) is 9.78 Å². The summed E-state index contributed by atoms with van der Waals surface area (Å²) in [4.78, 5) is 0. The largest absolute Gasteiger partial charge is 0.372 e. The molecule has 0 spiro atoms. The van der Waals surface area contributed by atoms with E-state index in [4.69, 9.17) is 10.5 Å². The molecule has 3 rings (SSSR count). The van der Waals surface area contributed by atoms with Crippen LogP contribution in [0, 0.1) is 0 Å². The molecule has 2 unspecified atom stereocenters. The summed E-state index contributed by atoms with van der Waals surface area (Å²) in [6.45, 7) is 1.44. The maximum atomic E-state index is 5.85. The Labute approximate surface area is 100 Å². The second-order valence-corrected chi connectivity index (χ2v) is 4.58. The first kappa shape index (κ1) is 10.7. The third-order valence-corrected chi connectivity index (χ3v) is 3.39. The van der Waals surface area contributed by atoms with E-state index in [9.17, 15) is 0 Å². The Morgan fingerprint density at radius 3 is 2.94 bits per heavy atom. The number of para-hydroxylation sites is 1. The highest BCUT2D eigenvalue weighted by atomic mass is 16.5. The summed E-state index contributed by atoms with van der Waals surface area (Å²) in [5, 5.41) is 5.60. The van der Waals surface area contributed by atoms with Crippen LogP contribution in [0.1, 0.15) is 12.8 Å². The minimum Gasteiger partial charge on any atom is -0.372 e. The van der Waals surface area contributed by atoms with Crippen LogP contribution < -0.4 is 5.73 Å². The Morgan fingerprint density at radius 1 is 1.29 bits per heavy atom. The molecule has 1 aromatic heterocycles. The summed E-state index contributed by atoms with van der Waals surface area (Å²) in [6.07, 6.45) is 4.55. The summed E-state index contributed by atoms with van der Waals surface area (Å²) in [7, 11) is 0. The van der Waals surface area contributed by atoms with Crippen LogP contribution in [0.4, 0.5) is 0 Å². The van der Waals surface area contributed by atoms with E-state index in [0.717, 1.165) is 19.4 Å². The van der Waals surface area contributed by atoms with Crippen molar-refractivity contribution < 1.29 is 4.74 Å². The number of ether oxygens (including phenoxy) is 1. The van der Waals surface area contributed by atoms with Crippen LogP contribution in [0.15, 0.2) is 30.5 Å². The highest BCUT2D eigenvalue weighted by Crippen LogP contribution is 2.22. The van der Waals surface area contributed by atoms with Gasteiger partial charge in [0.1, 0.15) is 0 Å². The van der Waals surface area contributed by atoms with Crippen LogP contribution in [-0.4, -0.2) is 28.5 Å². The molecular weight excluding hydrogens is 214 g/mol. The summed E-state index contributed by atoms with van der Waals surface area (Å²) in [6, 6.07) is 8.25. The standard InChI is InChI=1S/C13H17N3O/c14-7-11-5-6-12(17-11)9-16-13-4-2-1-3-10(13)8-15-16/h1-4,8,11-12H,5-7,9,14H2. The predicted molar refractivity (Wildman–Crippen MR) is 66.7 cm³/mol. The van der Waals surface area contributed by atoms with Crippen LogP contribution in [-0.2, 0) is 11.3 Å². The monoisotopic (exact) mass is 231 g/mol. The van der Waals surface area contributed by atoms with Gasteiger partial charge in [-0.3, -0.25) is 4.68 Å². The van der Waals surface area contributed by atoms with E-state index in [1.54, 1.807) is 0 Å². The van der Waals surface area contributed by atoms with E-state index < -0.39 is 0 Å². The lowest BCUT2D eigenvalue weighted by molar-refractivity contribution is 0.0393. The van der Waals surface area contributed by atoms with E-state index in [-0.39, 0.29) is 12.2 Å². The van der Waals surface area contributed by atoms with Crippen LogP contribution in [0.2, 0.25) is 0 Å². The Bertz CT molecular complexity index is 508. The molecule has 4 heteroatoms. The molecule has 1 saturated heterocycles. The van der Waals surface area contributed by atoms with Crippen molar-refractivity contribution in [2.24, 2.45) is 5.73 Å². The molecule has 0 aliphatic carbocycles. The summed E-state index contributed by atoms with van der Waals surface area (Å²) in [5.74, 6) is 0. The molecule has 4 nitrogen and oxygen atoms in total. The topological polar surface area (TPSA) is 53.1 Å². The van der Waals surface area contributed by atoms with Crippen LogP contribution in [0.3, 0.4) is 0 Å². The van der Waals surface area contributed by atoms with Gasteiger partial charge in [-0.1, -0.05) is 18.2 Å². The third-order valence-electron chi connectivity index (χ3n) is 3.39. The number of nitrogens with zero attached hydrogens (tertiary/aromatic N) is 2. The first-order valence-electron chi connectivity index (χ1n) is 6.13. The van der Waals surface area contributed by atoms with Gasteiger partial charge >= 0.3 is 0 Å². The molecule has 2 heterocycles. The van der Waals surface area contributed by atoms with Gasteiger partial charge in [0.25, 0.3) is 0 Å². The van der Waals surface area contributed by atoms with Gasteiger partial charge in [0.15, 0.2) is 0 Å². The van der Waals surface area contributed by atoms with Gasteiger partial charge in [0, 0.05) is 11.9 Å². The maximum Gasteiger partial charge on any atom is 0.0776 e. The zero-order chi connectivity index (χ0) is 11.7. The van der Waals surface area contributed by atoms with Gasteiger partial charge in [-0.05, 0) is 18.9 Å². The Kier molecular flexibility index (Phi) is 2.82. The molecule has 1 aliphatic rings. The fourth-order valence-corrected chi connectivity index (χ4v) is 2.45. The first-order valence-corrected chi connectivity index (χ1v) is 6.13. The van der Waals surface area contributed by atoms with Crippen molar-refractivity contribution in [3.8, 4) is 0 Å². The first-order chi connectivity index (χ1) is 8.36. The molecule has 1 aliphatic heterocycles. The number of rotatable bonds is 3. The highest BCUT2D eigenvalue weighted by molar-refractivity contribution is 5.78. The summed E-state index contributed by atoms with van der Waals surface area (Å²) in [5.41, 5.74) is 6.79. The number of aromatic nitrogens is 2. The number of fused-ring (bicyclic) bond motifs is 1. The van der Waals surface area contributed by atoms with Gasteiger partial charge < -0.3 is 10.5 Å². The van der Waals surface area contributed by atoms with Crippen molar-refractivity contribution in [2.45, 2.75) is 31.6 Å². The van der Waals surface area contributed by atoms with Crippen molar-refractivity contribution in [2.75, 3.05) is 6.54 Å². The summed E-state index contributed by atoms with van der Waals surface area (Å²) < 4.78 is 7.87. The second-order valence-electron chi connectivity index (χ2n) is 4.58. The molecule has 2 aromatic rings. The molecule has 2 atom stereocenters. The molecule has 0 saturated carbocycles. The minimum atomic E-state index is 0.238. The van der Waals surface area contributed by atoms with Crippen LogP contribution >= 0.6 is 0 Å². The molecule has 90 valence electrons. The fraction of sp³-hybridized carbons (Fsp3) is 0.462. The van der Waals surface area contributed by atoms with E-state index in [2.05, 4.69) is 17.2 Å². The van der Waals surface area contributed by atoms with Crippen LogP contribution in [0.25, 0.3) is 10.9 Å². The zero-order valence-electron chi connectivity index (χ0n) is 9.75. The van der Waals surface area contributed by atoms with Crippen molar-refractivity contribution in [1.29, 1.82) is 0 Å². The van der Waals surface area contributed by atoms with Gasteiger partial charge in [-0.25, -0.2) is 0 Å². The number of hydrogen-bond acceptors (Lipinski definition) is 3. The lowest BCUT2D eigenvalue weighted by Crippen LogP contribution is -2.23. The zero-order valence-corrected chi connectivity index (χ0v) is 9.75. The average molecular weight is 231 g/mol. The number of nitrogens with two attached hydrogens (primary N) is 1. The van der Waals surface area contributed by atoms with Crippen LogP contribution in [0.5, 0.6) is 0 Å². The lowest BCUT2D eigenvalue weighted by Gasteiger charge is -2.12.